The van der Waals surface area contributed by atoms with Crippen LogP contribution in [0.4, 0.5) is 5.69 Å². The van der Waals surface area contributed by atoms with Crippen LogP contribution in [0.25, 0.3) is 10.9 Å². The molecule has 0 spiro atoms. The molecule has 9 nitrogen and oxygen atoms in total. The van der Waals surface area contributed by atoms with Crippen molar-refractivity contribution in [3.63, 3.8) is 0 Å². The van der Waals surface area contributed by atoms with Gasteiger partial charge in [0.2, 0.25) is 5.88 Å². The quantitative estimate of drug-likeness (QED) is 0.355. The van der Waals surface area contributed by atoms with Gasteiger partial charge in [-0.05, 0) is 51.1 Å². The number of carbonyl (C=O) groups excluding carboxylic acids is 2. The molecule has 3 rings (SSSR count). The van der Waals surface area contributed by atoms with E-state index in [2.05, 4.69) is 27.3 Å². The van der Waals surface area contributed by atoms with E-state index in [1.165, 1.54) is 5.56 Å². The van der Waals surface area contributed by atoms with Gasteiger partial charge in [0.05, 0.1) is 18.7 Å². The van der Waals surface area contributed by atoms with Crippen molar-refractivity contribution in [2.24, 2.45) is 10.2 Å². The molecule has 0 radical (unpaired) electrons. The van der Waals surface area contributed by atoms with Crippen LogP contribution in [0.5, 0.6) is 11.6 Å². The Morgan fingerprint density at radius 3 is 2.67 bits per heavy atom. The Kier molecular flexibility index (Phi) is 8.15. The van der Waals surface area contributed by atoms with Crippen LogP contribution in [-0.4, -0.2) is 59.7 Å². The van der Waals surface area contributed by atoms with E-state index < -0.39 is 11.9 Å². The zero-order chi connectivity index (χ0) is 23.8. The predicted octanol–water partition coefficient (Wildman–Crippen LogP) is 3.99. The Morgan fingerprint density at radius 1 is 1.18 bits per heavy atom. The number of aromatic hydroxyl groups is 1. The fraction of sp³-hybridized carbons (Fsp3) is 0.333. The first-order valence-electron chi connectivity index (χ1n) is 10.7. The van der Waals surface area contributed by atoms with Gasteiger partial charge >= 0.3 is 5.97 Å². The lowest BCUT2D eigenvalue weighted by Gasteiger charge is -2.23. The summed E-state index contributed by atoms with van der Waals surface area (Å²) in [6.07, 6.45) is 0.805. The highest BCUT2D eigenvalue weighted by atomic mass is 16.6. The van der Waals surface area contributed by atoms with Gasteiger partial charge in [-0.1, -0.05) is 30.3 Å². The van der Waals surface area contributed by atoms with Crippen LogP contribution in [-0.2, 0) is 20.7 Å². The lowest BCUT2D eigenvalue weighted by Crippen LogP contribution is -2.34. The minimum absolute atomic E-state index is 0.0918. The van der Waals surface area contributed by atoms with Crippen LogP contribution >= 0.6 is 0 Å². The fourth-order valence-electron chi connectivity index (χ4n) is 3.30. The van der Waals surface area contributed by atoms with Crippen molar-refractivity contribution in [3.8, 4) is 11.6 Å². The zero-order valence-corrected chi connectivity index (χ0v) is 18.9. The molecule has 1 aromatic heterocycles. The Bertz CT molecular complexity index is 1130. The van der Waals surface area contributed by atoms with Crippen molar-refractivity contribution in [2.45, 2.75) is 26.3 Å². The minimum Gasteiger partial charge on any atom is -0.493 e. The summed E-state index contributed by atoms with van der Waals surface area (Å²) in [5.74, 6) is -0.729. The van der Waals surface area contributed by atoms with Crippen molar-refractivity contribution in [3.05, 3.63) is 54.1 Å². The van der Waals surface area contributed by atoms with Crippen LogP contribution in [0, 0.1) is 0 Å². The van der Waals surface area contributed by atoms with Crippen molar-refractivity contribution in [2.75, 3.05) is 26.8 Å². The molecule has 1 heterocycles. The smallest absolute Gasteiger partial charge is 0.344 e. The second kappa shape index (κ2) is 11.2. The largest absolute Gasteiger partial charge is 0.493 e. The van der Waals surface area contributed by atoms with E-state index in [9.17, 15) is 14.7 Å². The summed E-state index contributed by atoms with van der Waals surface area (Å²) >= 11 is 0. The summed E-state index contributed by atoms with van der Waals surface area (Å²) in [4.78, 5) is 28.6. The third kappa shape index (κ3) is 6.63. The summed E-state index contributed by atoms with van der Waals surface area (Å²) in [7, 11) is 1.86. The van der Waals surface area contributed by atoms with Gasteiger partial charge in [-0.3, -0.25) is 9.69 Å². The first kappa shape index (κ1) is 23.9. The van der Waals surface area contributed by atoms with E-state index in [1.54, 1.807) is 25.1 Å². The molecule has 0 aliphatic rings. The number of H-pyrrole nitrogens is 1. The number of nitrogens with one attached hydrogen (secondary N) is 1. The standard InChI is InChI=1S/C24H28N4O5/c1-4-32-22(30)15-33-18-10-11-20-19(13-18)23(24(31)25-20)27-26-21(29)14-28(3)16(2)12-17-8-6-5-7-9-17/h5-11,13,16,25,31H,4,12,14-15H2,1-3H3. The maximum atomic E-state index is 12.4. The summed E-state index contributed by atoms with van der Waals surface area (Å²) in [5, 5.41) is 18.5. The van der Waals surface area contributed by atoms with Crippen molar-refractivity contribution in [1.29, 1.82) is 0 Å². The molecule has 9 heteroatoms. The molecule has 33 heavy (non-hydrogen) atoms. The van der Waals surface area contributed by atoms with Crippen molar-refractivity contribution >= 4 is 28.5 Å². The number of azo groups is 1. The highest BCUT2D eigenvalue weighted by Crippen LogP contribution is 2.37. The number of aromatic amines is 1. The SMILES string of the molecule is CCOC(=O)COc1ccc2[nH]c(O)c(N=NC(=O)CN(C)C(C)Cc3ccccc3)c2c1. The molecule has 174 valence electrons. The van der Waals surface area contributed by atoms with Crippen LogP contribution in [0.3, 0.4) is 0 Å². The number of fused-ring (bicyclic) bond motifs is 1. The Hall–Kier alpha value is -3.72. The first-order chi connectivity index (χ1) is 15.9. The molecule has 0 fully saturated rings. The van der Waals surface area contributed by atoms with E-state index in [0.29, 0.717) is 16.7 Å². The third-order valence-electron chi connectivity index (χ3n) is 5.16. The maximum Gasteiger partial charge on any atom is 0.344 e. The predicted molar refractivity (Wildman–Crippen MR) is 124 cm³/mol. The number of amides is 1. The van der Waals surface area contributed by atoms with Gasteiger partial charge in [-0.2, -0.15) is 0 Å². The number of nitrogens with zero attached hydrogens (tertiary/aromatic N) is 3. The van der Waals surface area contributed by atoms with Crippen LogP contribution in [0.15, 0.2) is 58.8 Å². The normalized spacial score (nSPS) is 12.4. The van der Waals surface area contributed by atoms with Crippen LogP contribution < -0.4 is 4.74 Å². The van der Waals surface area contributed by atoms with E-state index in [1.807, 2.05) is 37.1 Å². The van der Waals surface area contributed by atoms with Gasteiger partial charge in [-0.25, -0.2) is 4.79 Å². The number of carbonyl (C=O) groups is 2. The molecule has 1 atom stereocenters. The Morgan fingerprint density at radius 2 is 1.94 bits per heavy atom. The maximum absolute atomic E-state index is 12.4. The second-order valence-corrected chi connectivity index (χ2v) is 7.67. The summed E-state index contributed by atoms with van der Waals surface area (Å²) in [6.45, 7) is 3.88. The fourth-order valence-corrected chi connectivity index (χ4v) is 3.30. The molecular formula is C24H28N4O5. The van der Waals surface area contributed by atoms with Crippen LogP contribution in [0.1, 0.15) is 19.4 Å². The minimum atomic E-state index is -0.481. The van der Waals surface area contributed by atoms with Gasteiger partial charge in [0.1, 0.15) is 5.75 Å². The number of benzene rings is 2. The average molecular weight is 453 g/mol. The number of ether oxygens (including phenoxy) is 2. The molecule has 1 amide bonds. The highest BCUT2D eigenvalue weighted by molar-refractivity contribution is 5.95. The lowest BCUT2D eigenvalue weighted by atomic mass is 10.1. The van der Waals surface area contributed by atoms with Gasteiger partial charge in [0.15, 0.2) is 12.3 Å². The molecule has 0 aliphatic heterocycles. The van der Waals surface area contributed by atoms with E-state index in [0.717, 1.165) is 6.42 Å². The van der Waals surface area contributed by atoms with Crippen LogP contribution in [0.2, 0.25) is 0 Å². The molecule has 2 aromatic carbocycles. The third-order valence-corrected chi connectivity index (χ3v) is 5.16. The molecule has 3 aromatic rings. The number of rotatable bonds is 10. The van der Waals surface area contributed by atoms with Gasteiger partial charge < -0.3 is 19.6 Å². The zero-order valence-electron chi connectivity index (χ0n) is 18.9. The molecule has 0 aliphatic carbocycles. The summed E-state index contributed by atoms with van der Waals surface area (Å²) < 4.78 is 10.3. The molecule has 0 saturated heterocycles. The number of aromatic nitrogens is 1. The van der Waals surface area contributed by atoms with E-state index in [-0.39, 0.29) is 37.4 Å². The van der Waals surface area contributed by atoms with Crippen molar-refractivity contribution in [1.82, 2.24) is 9.88 Å². The second-order valence-electron chi connectivity index (χ2n) is 7.67. The monoisotopic (exact) mass is 452 g/mol. The van der Waals surface area contributed by atoms with Gasteiger partial charge in [-0.15, -0.1) is 10.2 Å². The summed E-state index contributed by atoms with van der Waals surface area (Å²) in [6, 6.07) is 15.1. The lowest BCUT2D eigenvalue weighted by molar-refractivity contribution is -0.145. The summed E-state index contributed by atoms with van der Waals surface area (Å²) in [5.41, 5.74) is 1.90. The van der Waals surface area contributed by atoms with Crippen molar-refractivity contribution < 1.29 is 24.2 Å². The Balaban J connectivity index is 1.65. The number of esters is 1. The van der Waals surface area contributed by atoms with E-state index in [4.69, 9.17) is 9.47 Å². The molecule has 1 unspecified atom stereocenters. The molecular weight excluding hydrogens is 424 g/mol. The first-order valence-corrected chi connectivity index (χ1v) is 10.7. The Labute approximate surface area is 192 Å². The molecule has 2 N–H and O–H groups in total. The molecule has 0 bridgehead atoms. The van der Waals surface area contributed by atoms with E-state index >= 15 is 0 Å². The topological polar surface area (TPSA) is 117 Å². The average Bonchev–Trinajstić information content (AvgIpc) is 3.11. The number of likely N-dealkylation sites (N-methyl/N-ethyl adjacent to an activating group) is 1. The molecule has 0 saturated carbocycles. The van der Waals surface area contributed by atoms with Gasteiger partial charge in [0, 0.05) is 11.4 Å². The highest BCUT2D eigenvalue weighted by Gasteiger charge is 2.16. The van der Waals surface area contributed by atoms with Gasteiger partial charge in [0.25, 0.3) is 5.91 Å². The number of hydrogen-bond donors (Lipinski definition) is 2. The number of hydrogen-bond acceptors (Lipinski definition) is 7.